The van der Waals surface area contributed by atoms with Gasteiger partial charge in [0, 0.05) is 36.6 Å². The van der Waals surface area contributed by atoms with Crippen LogP contribution in [0.15, 0.2) is 24.3 Å². The summed E-state index contributed by atoms with van der Waals surface area (Å²) in [6, 6.07) is 6.88. The summed E-state index contributed by atoms with van der Waals surface area (Å²) in [5.74, 6) is 0.109. The van der Waals surface area contributed by atoms with Gasteiger partial charge in [-0.2, -0.15) is 0 Å². The van der Waals surface area contributed by atoms with E-state index in [2.05, 4.69) is 5.32 Å². The average molecular weight is 267 g/mol. The van der Waals surface area contributed by atoms with Crippen LogP contribution in [0.5, 0.6) is 0 Å². The lowest BCUT2D eigenvalue weighted by atomic mass is 10.1. The van der Waals surface area contributed by atoms with Crippen molar-refractivity contribution in [1.82, 2.24) is 10.2 Å². The number of nitrogens with one attached hydrogen (secondary N) is 1. The minimum atomic E-state index is 0.0523. The minimum Gasteiger partial charge on any atom is -0.355 e. The Bertz CT molecular complexity index is 445. The Labute approximate surface area is 111 Å². The van der Waals surface area contributed by atoms with E-state index in [9.17, 15) is 9.59 Å². The van der Waals surface area contributed by atoms with Crippen LogP contribution < -0.4 is 5.32 Å². The fourth-order valence-corrected chi connectivity index (χ4v) is 2.03. The van der Waals surface area contributed by atoms with Crippen molar-refractivity contribution in [1.29, 1.82) is 0 Å². The maximum atomic E-state index is 12.0. The van der Waals surface area contributed by atoms with Gasteiger partial charge in [-0.1, -0.05) is 11.6 Å². The Kier molecular flexibility index (Phi) is 4.33. The molecule has 0 unspecified atom stereocenters. The third kappa shape index (κ3) is 3.55. The molecule has 5 heteroatoms. The number of hydrogen-bond donors (Lipinski definition) is 1. The fourth-order valence-electron chi connectivity index (χ4n) is 1.90. The zero-order valence-corrected chi connectivity index (χ0v) is 10.7. The number of benzene rings is 1. The highest BCUT2D eigenvalue weighted by atomic mass is 35.5. The van der Waals surface area contributed by atoms with Crippen LogP contribution in [0.4, 0.5) is 0 Å². The molecule has 1 heterocycles. The lowest BCUT2D eigenvalue weighted by molar-refractivity contribution is -0.120. The molecule has 0 aromatic heterocycles. The van der Waals surface area contributed by atoms with Gasteiger partial charge in [0.15, 0.2) is 5.78 Å². The van der Waals surface area contributed by atoms with E-state index in [1.165, 1.54) is 0 Å². The Morgan fingerprint density at radius 1 is 1.28 bits per heavy atom. The summed E-state index contributed by atoms with van der Waals surface area (Å²) < 4.78 is 0. The molecule has 0 spiro atoms. The lowest BCUT2D eigenvalue weighted by Crippen LogP contribution is -2.33. The van der Waals surface area contributed by atoms with E-state index in [0.29, 0.717) is 43.2 Å². The van der Waals surface area contributed by atoms with E-state index in [1.807, 2.05) is 4.90 Å². The van der Waals surface area contributed by atoms with Crippen molar-refractivity contribution in [2.24, 2.45) is 0 Å². The van der Waals surface area contributed by atoms with Crippen LogP contribution in [0.25, 0.3) is 0 Å². The largest absolute Gasteiger partial charge is 0.355 e. The van der Waals surface area contributed by atoms with Crippen molar-refractivity contribution in [2.45, 2.75) is 6.42 Å². The van der Waals surface area contributed by atoms with Crippen LogP contribution in [-0.4, -0.2) is 42.8 Å². The zero-order chi connectivity index (χ0) is 13.0. The fraction of sp³-hybridized carbons (Fsp3) is 0.385. The van der Waals surface area contributed by atoms with Crippen molar-refractivity contribution < 1.29 is 9.59 Å². The molecule has 1 aromatic rings. The first-order valence-corrected chi connectivity index (χ1v) is 6.31. The number of carbonyl (C=O) groups excluding carboxylic acids is 2. The van der Waals surface area contributed by atoms with Gasteiger partial charge in [-0.25, -0.2) is 0 Å². The smallest absolute Gasteiger partial charge is 0.221 e. The second kappa shape index (κ2) is 5.98. The molecule has 1 aliphatic heterocycles. The van der Waals surface area contributed by atoms with E-state index < -0.39 is 0 Å². The number of hydrogen-bond acceptors (Lipinski definition) is 3. The highest BCUT2D eigenvalue weighted by molar-refractivity contribution is 6.30. The summed E-state index contributed by atoms with van der Waals surface area (Å²) in [7, 11) is 0. The Morgan fingerprint density at radius 2 is 2.00 bits per heavy atom. The van der Waals surface area contributed by atoms with Crippen LogP contribution >= 0.6 is 11.6 Å². The van der Waals surface area contributed by atoms with Gasteiger partial charge < -0.3 is 5.32 Å². The van der Waals surface area contributed by atoms with Gasteiger partial charge in [0.25, 0.3) is 0 Å². The molecule has 1 amide bonds. The molecule has 1 N–H and O–H groups in total. The van der Waals surface area contributed by atoms with Gasteiger partial charge in [0.05, 0.1) is 6.54 Å². The van der Waals surface area contributed by atoms with E-state index >= 15 is 0 Å². The molecule has 1 saturated heterocycles. The van der Waals surface area contributed by atoms with Crippen molar-refractivity contribution in [3.05, 3.63) is 34.9 Å². The monoisotopic (exact) mass is 266 g/mol. The lowest BCUT2D eigenvalue weighted by Gasteiger charge is -2.17. The van der Waals surface area contributed by atoms with Gasteiger partial charge in [-0.05, 0) is 24.3 Å². The van der Waals surface area contributed by atoms with E-state index in [0.717, 1.165) is 0 Å². The van der Waals surface area contributed by atoms with Gasteiger partial charge in [0.1, 0.15) is 0 Å². The molecule has 0 radical (unpaired) electrons. The number of ketones is 1. The summed E-state index contributed by atoms with van der Waals surface area (Å²) in [5, 5.41) is 3.41. The number of halogens is 1. The number of amides is 1. The van der Waals surface area contributed by atoms with Gasteiger partial charge in [-0.15, -0.1) is 0 Å². The second-order valence-electron chi connectivity index (χ2n) is 4.31. The van der Waals surface area contributed by atoms with E-state index in [1.54, 1.807) is 24.3 Å². The summed E-state index contributed by atoms with van der Waals surface area (Å²) >= 11 is 5.78. The molecule has 0 aliphatic carbocycles. The van der Waals surface area contributed by atoms with Crippen LogP contribution in [0.3, 0.4) is 0 Å². The van der Waals surface area contributed by atoms with Crippen LogP contribution in [0.1, 0.15) is 16.8 Å². The number of carbonyl (C=O) groups is 2. The quantitative estimate of drug-likeness (QED) is 0.840. The second-order valence-corrected chi connectivity index (χ2v) is 4.74. The molecule has 1 fully saturated rings. The summed E-state index contributed by atoms with van der Waals surface area (Å²) in [6.45, 7) is 2.29. The van der Waals surface area contributed by atoms with Gasteiger partial charge in [-0.3, -0.25) is 14.5 Å². The minimum absolute atomic E-state index is 0.0523. The van der Waals surface area contributed by atoms with Crippen LogP contribution in [0, 0.1) is 0 Å². The van der Waals surface area contributed by atoms with Crippen LogP contribution in [0.2, 0.25) is 5.02 Å². The van der Waals surface area contributed by atoms with Crippen molar-refractivity contribution in [3.63, 3.8) is 0 Å². The average Bonchev–Trinajstić information content (AvgIpc) is 2.55. The molecule has 18 heavy (non-hydrogen) atoms. The zero-order valence-electron chi connectivity index (χ0n) is 9.99. The van der Waals surface area contributed by atoms with E-state index in [-0.39, 0.29) is 11.7 Å². The SMILES string of the molecule is O=C1CCN(CC(=O)c2ccc(Cl)cc2)CCN1. The number of nitrogens with zero attached hydrogens (tertiary/aromatic N) is 1. The predicted octanol–water partition coefficient (Wildman–Crippen LogP) is 1.34. The first-order valence-electron chi connectivity index (χ1n) is 5.93. The third-order valence-corrected chi connectivity index (χ3v) is 3.19. The number of Topliss-reactive ketones (excluding diaryl/α,β-unsaturated/α-hetero) is 1. The molecule has 1 aromatic carbocycles. The summed E-state index contributed by atoms with van der Waals surface area (Å²) in [5.41, 5.74) is 0.655. The third-order valence-electron chi connectivity index (χ3n) is 2.94. The molecular formula is C13H15ClN2O2. The summed E-state index contributed by atoms with van der Waals surface area (Å²) in [4.78, 5) is 25.2. The van der Waals surface area contributed by atoms with Crippen molar-refractivity contribution in [3.8, 4) is 0 Å². The Balaban J connectivity index is 1.94. The predicted molar refractivity (Wildman–Crippen MR) is 69.8 cm³/mol. The Morgan fingerprint density at radius 3 is 2.72 bits per heavy atom. The number of rotatable bonds is 3. The molecule has 4 nitrogen and oxygen atoms in total. The van der Waals surface area contributed by atoms with Crippen LogP contribution in [-0.2, 0) is 4.79 Å². The first-order chi connectivity index (χ1) is 8.65. The normalized spacial score (nSPS) is 17.1. The topological polar surface area (TPSA) is 49.4 Å². The Hall–Kier alpha value is -1.39. The molecule has 0 saturated carbocycles. The molecule has 1 aliphatic rings. The standard InChI is InChI=1S/C13H15ClN2O2/c14-11-3-1-10(2-4-11)12(17)9-16-7-5-13(18)15-6-8-16/h1-4H,5-9H2,(H,15,18). The van der Waals surface area contributed by atoms with Gasteiger partial charge in [0.2, 0.25) is 5.91 Å². The summed E-state index contributed by atoms with van der Waals surface area (Å²) in [6.07, 6.45) is 0.452. The maximum Gasteiger partial charge on any atom is 0.221 e. The van der Waals surface area contributed by atoms with Gasteiger partial charge >= 0.3 is 0 Å². The molecular weight excluding hydrogens is 252 g/mol. The molecule has 0 bridgehead atoms. The van der Waals surface area contributed by atoms with Crippen molar-refractivity contribution in [2.75, 3.05) is 26.2 Å². The molecule has 96 valence electrons. The first kappa shape index (κ1) is 13.1. The molecule has 0 atom stereocenters. The van der Waals surface area contributed by atoms with E-state index in [4.69, 9.17) is 11.6 Å². The molecule has 2 rings (SSSR count). The maximum absolute atomic E-state index is 12.0. The highest BCUT2D eigenvalue weighted by Crippen LogP contribution is 2.10. The van der Waals surface area contributed by atoms with Crippen molar-refractivity contribution >= 4 is 23.3 Å². The highest BCUT2D eigenvalue weighted by Gasteiger charge is 2.16.